The van der Waals surface area contributed by atoms with E-state index in [2.05, 4.69) is 0 Å². The molecule has 1 aromatic rings. The molecule has 0 aromatic heterocycles. The molecule has 15 heavy (non-hydrogen) atoms. The van der Waals surface area contributed by atoms with Gasteiger partial charge in [0.1, 0.15) is 5.75 Å². The zero-order valence-electron chi connectivity index (χ0n) is 7.60. The fourth-order valence-electron chi connectivity index (χ4n) is 1.52. The summed E-state index contributed by atoms with van der Waals surface area (Å²) >= 11 is 0. The summed E-state index contributed by atoms with van der Waals surface area (Å²) in [6, 6.07) is 3.48. The maximum Gasteiger partial charge on any atom is 0.419 e. The van der Waals surface area contributed by atoms with Gasteiger partial charge in [0.25, 0.3) is 0 Å². The van der Waals surface area contributed by atoms with Crippen LogP contribution in [0.2, 0.25) is 0 Å². The van der Waals surface area contributed by atoms with Gasteiger partial charge in [-0.25, -0.2) is 0 Å². The molecule has 0 saturated carbocycles. The molecule has 0 bridgehead atoms. The zero-order chi connectivity index (χ0) is 11.1. The third-order valence-corrected chi connectivity index (χ3v) is 2.20. The molecule has 0 atom stereocenters. The average Bonchev–Trinajstić information content (AvgIpc) is 2.16. The van der Waals surface area contributed by atoms with Crippen LogP contribution in [0.3, 0.4) is 0 Å². The molecule has 0 amide bonds. The molecule has 1 aliphatic heterocycles. The van der Waals surface area contributed by atoms with E-state index in [9.17, 15) is 18.0 Å². The molecule has 0 radical (unpaired) electrons. The Balaban J connectivity index is 2.59. The topological polar surface area (TPSA) is 26.3 Å². The smallest absolute Gasteiger partial charge is 0.419 e. The van der Waals surface area contributed by atoms with Crippen molar-refractivity contribution in [1.29, 1.82) is 0 Å². The fraction of sp³-hybridized carbons (Fsp3) is 0.300. The van der Waals surface area contributed by atoms with E-state index in [1.807, 2.05) is 0 Å². The van der Waals surface area contributed by atoms with Crippen LogP contribution in [0.5, 0.6) is 5.75 Å². The van der Waals surface area contributed by atoms with Crippen LogP contribution in [0.4, 0.5) is 13.2 Å². The van der Waals surface area contributed by atoms with Gasteiger partial charge >= 0.3 is 6.18 Å². The number of para-hydroxylation sites is 1. The number of rotatable bonds is 0. The molecule has 0 unspecified atom stereocenters. The van der Waals surface area contributed by atoms with Crippen LogP contribution in [-0.4, -0.2) is 12.4 Å². The van der Waals surface area contributed by atoms with Crippen LogP contribution in [-0.2, 0) is 6.18 Å². The normalized spacial score (nSPS) is 15.8. The number of carbonyl (C=O) groups excluding carboxylic acids is 1. The lowest BCUT2D eigenvalue weighted by atomic mass is 10.0. The van der Waals surface area contributed by atoms with E-state index in [1.54, 1.807) is 0 Å². The highest BCUT2D eigenvalue weighted by Crippen LogP contribution is 2.39. The van der Waals surface area contributed by atoms with Gasteiger partial charge in [0.2, 0.25) is 0 Å². The Labute approximate surface area is 83.7 Å². The number of hydrogen-bond acceptors (Lipinski definition) is 2. The Kier molecular flexibility index (Phi) is 2.17. The highest BCUT2D eigenvalue weighted by atomic mass is 19.4. The Morgan fingerprint density at radius 1 is 1.27 bits per heavy atom. The van der Waals surface area contributed by atoms with Crippen molar-refractivity contribution in [3.63, 3.8) is 0 Å². The molecular weight excluding hydrogens is 209 g/mol. The number of halogens is 3. The van der Waals surface area contributed by atoms with Crippen molar-refractivity contribution in [3.05, 3.63) is 29.3 Å². The van der Waals surface area contributed by atoms with Gasteiger partial charge in [0.15, 0.2) is 5.78 Å². The SMILES string of the molecule is O=C1CCOc2c1cccc2C(F)(F)F. The Morgan fingerprint density at radius 3 is 2.67 bits per heavy atom. The minimum Gasteiger partial charge on any atom is -0.492 e. The zero-order valence-corrected chi connectivity index (χ0v) is 7.60. The van der Waals surface area contributed by atoms with E-state index in [4.69, 9.17) is 4.74 Å². The van der Waals surface area contributed by atoms with Crippen LogP contribution in [0, 0.1) is 0 Å². The Morgan fingerprint density at radius 2 is 2.00 bits per heavy atom. The van der Waals surface area contributed by atoms with Crippen molar-refractivity contribution in [2.45, 2.75) is 12.6 Å². The lowest BCUT2D eigenvalue weighted by molar-refractivity contribution is -0.139. The minimum absolute atomic E-state index is 0.0128. The van der Waals surface area contributed by atoms with Gasteiger partial charge in [-0.15, -0.1) is 0 Å². The second-order valence-corrected chi connectivity index (χ2v) is 3.20. The second kappa shape index (κ2) is 3.25. The Hall–Kier alpha value is -1.52. The summed E-state index contributed by atoms with van der Waals surface area (Å²) in [5.74, 6) is -0.636. The number of fused-ring (bicyclic) bond motifs is 1. The van der Waals surface area contributed by atoms with Crippen molar-refractivity contribution in [2.75, 3.05) is 6.61 Å². The van der Waals surface area contributed by atoms with Crippen molar-refractivity contribution < 1.29 is 22.7 Å². The van der Waals surface area contributed by atoms with E-state index >= 15 is 0 Å². The molecule has 1 heterocycles. The lowest BCUT2D eigenvalue weighted by Crippen LogP contribution is -2.19. The van der Waals surface area contributed by atoms with Crippen LogP contribution >= 0.6 is 0 Å². The molecule has 0 saturated heterocycles. The molecule has 2 rings (SSSR count). The summed E-state index contributed by atoms with van der Waals surface area (Å²) in [7, 11) is 0. The van der Waals surface area contributed by atoms with Gasteiger partial charge in [0.05, 0.1) is 17.7 Å². The maximum absolute atomic E-state index is 12.5. The van der Waals surface area contributed by atoms with Gasteiger partial charge in [0, 0.05) is 6.42 Å². The lowest BCUT2D eigenvalue weighted by Gasteiger charge is -2.20. The number of alkyl halides is 3. The van der Waals surface area contributed by atoms with E-state index < -0.39 is 11.7 Å². The summed E-state index contributed by atoms with van der Waals surface area (Å²) in [5, 5.41) is 0. The predicted octanol–water partition coefficient (Wildman–Crippen LogP) is 2.67. The number of carbonyl (C=O) groups is 1. The van der Waals surface area contributed by atoms with Gasteiger partial charge < -0.3 is 4.74 Å². The summed E-state index contributed by atoms with van der Waals surface area (Å²) in [6.45, 7) is 0.0128. The molecular formula is C10H7F3O2. The first kappa shape index (κ1) is 10.0. The molecule has 0 N–H and O–H groups in total. The molecule has 0 fully saturated rings. The summed E-state index contributed by atoms with van der Waals surface area (Å²) < 4.78 is 42.4. The second-order valence-electron chi connectivity index (χ2n) is 3.20. The maximum atomic E-state index is 12.5. The summed E-state index contributed by atoms with van der Waals surface area (Å²) in [4.78, 5) is 11.3. The van der Waals surface area contributed by atoms with Crippen molar-refractivity contribution in [3.8, 4) is 5.75 Å². The van der Waals surface area contributed by atoms with E-state index in [1.165, 1.54) is 12.1 Å². The van der Waals surface area contributed by atoms with E-state index in [0.717, 1.165) is 6.07 Å². The van der Waals surface area contributed by atoms with E-state index in [-0.39, 0.29) is 30.1 Å². The molecule has 0 aliphatic carbocycles. The summed E-state index contributed by atoms with van der Waals surface area (Å²) in [5.41, 5.74) is -0.857. The van der Waals surface area contributed by atoms with Gasteiger partial charge in [-0.1, -0.05) is 6.07 Å². The first-order valence-electron chi connectivity index (χ1n) is 4.36. The van der Waals surface area contributed by atoms with Crippen LogP contribution < -0.4 is 4.74 Å². The highest BCUT2D eigenvalue weighted by Gasteiger charge is 2.37. The molecule has 1 aromatic carbocycles. The quantitative estimate of drug-likeness (QED) is 0.666. The molecule has 1 aliphatic rings. The molecule has 5 heteroatoms. The Bertz CT molecular complexity index is 410. The number of ether oxygens (including phenoxy) is 1. The van der Waals surface area contributed by atoms with Crippen LogP contribution in [0.15, 0.2) is 18.2 Å². The predicted molar refractivity (Wildman–Crippen MR) is 45.9 cm³/mol. The monoisotopic (exact) mass is 216 g/mol. The van der Waals surface area contributed by atoms with Crippen molar-refractivity contribution in [1.82, 2.24) is 0 Å². The van der Waals surface area contributed by atoms with Crippen molar-refractivity contribution in [2.24, 2.45) is 0 Å². The van der Waals surface area contributed by atoms with Crippen LogP contribution in [0.1, 0.15) is 22.3 Å². The largest absolute Gasteiger partial charge is 0.492 e. The number of ketones is 1. The summed E-state index contributed by atoms with van der Waals surface area (Å²) in [6.07, 6.45) is -4.35. The number of Topliss-reactive ketones (excluding diaryl/α,β-unsaturated/α-hetero) is 1. The molecule has 0 spiro atoms. The fourth-order valence-corrected chi connectivity index (χ4v) is 1.52. The average molecular weight is 216 g/mol. The third-order valence-electron chi connectivity index (χ3n) is 2.20. The third kappa shape index (κ3) is 1.69. The number of benzene rings is 1. The van der Waals surface area contributed by atoms with Gasteiger partial charge in [-0.05, 0) is 12.1 Å². The van der Waals surface area contributed by atoms with Gasteiger partial charge in [-0.3, -0.25) is 4.79 Å². The van der Waals surface area contributed by atoms with Gasteiger partial charge in [-0.2, -0.15) is 13.2 Å². The van der Waals surface area contributed by atoms with Crippen molar-refractivity contribution >= 4 is 5.78 Å². The number of hydrogen-bond donors (Lipinski definition) is 0. The first-order valence-corrected chi connectivity index (χ1v) is 4.36. The molecule has 2 nitrogen and oxygen atoms in total. The minimum atomic E-state index is -4.48. The van der Waals surface area contributed by atoms with E-state index in [0.29, 0.717) is 0 Å². The van der Waals surface area contributed by atoms with Crippen LogP contribution in [0.25, 0.3) is 0 Å². The standard InChI is InChI=1S/C10H7F3O2/c11-10(12,13)7-3-1-2-6-8(14)4-5-15-9(6)7/h1-3H,4-5H2. The highest BCUT2D eigenvalue weighted by molar-refractivity contribution is 6.00. The molecule has 80 valence electrons. The first-order chi connectivity index (χ1) is 7.00.